The third-order valence-corrected chi connectivity index (χ3v) is 3.12. The predicted molar refractivity (Wildman–Crippen MR) is 65.3 cm³/mol. The summed E-state index contributed by atoms with van der Waals surface area (Å²) in [7, 11) is 0. The fourth-order valence-electron chi connectivity index (χ4n) is 2.40. The number of aliphatic carboxylic acids is 1. The molecule has 2 aliphatic rings. The molecule has 4 nitrogen and oxygen atoms in total. The van der Waals surface area contributed by atoms with Gasteiger partial charge in [-0.2, -0.15) is 5.10 Å². The van der Waals surface area contributed by atoms with E-state index >= 15 is 0 Å². The van der Waals surface area contributed by atoms with Crippen LogP contribution in [0.4, 0.5) is 5.69 Å². The first-order chi connectivity index (χ1) is 8.25. The fraction of sp³-hybridized carbons (Fsp3) is 0.231. The highest BCUT2D eigenvalue weighted by Crippen LogP contribution is 2.34. The molecule has 0 aliphatic carbocycles. The monoisotopic (exact) mass is 228 g/mol. The van der Waals surface area contributed by atoms with Gasteiger partial charge in [0.05, 0.1) is 12.1 Å². The molecule has 0 atom stereocenters. The van der Waals surface area contributed by atoms with Gasteiger partial charge in [-0.25, -0.2) is 5.01 Å². The van der Waals surface area contributed by atoms with Crippen LogP contribution in [-0.2, 0) is 24.1 Å². The minimum absolute atomic E-state index is 0.0774. The van der Waals surface area contributed by atoms with Crippen molar-refractivity contribution in [2.75, 3.05) is 5.01 Å². The van der Waals surface area contributed by atoms with Crippen LogP contribution in [0.1, 0.15) is 16.7 Å². The van der Waals surface area contributed by atoms with Gasteiger partial charge in [0.2, 0.25) is 0 Å². The number of nitrogens with zero attached hydrogens (tertiary/aromatic N) is 2. The third-order valence-electron chi connectivity index (χ3n) is 3.12. The van der Waals surface area contributed by atoms with Crippen molar-refractivity contribution in [2.45, 2.75) is 19.3 Å². The van der Waals surface area contributed by atoms with Crippen molar-refractivity contribution in [1.29, 1.82) is 0 Å². The Hall–Kier alpha value is -2.10. The Bertz CT molecular complexity index is 547. The quantitative estimate of drug-likeness (QED) is 0.838. The molecule has 1 aromatic carbocycles. The van der Waals surface area contributed by atoms with E-state index in [1.165, 1.54) is 5.56 Å². The molecule has 86 valence electrons. The first-order valence-corrected chi connectivity index (χ1v) is 5.59. The Labute approximate surface area is 98.9 Å². The van der Waals surface area contributed by atoms with Gasteiger partial charge >= 0.3 is 5.97 Å². The third kappa shape index (κ3) is 1.62. The summed E-state index contributed by atoms with van der Waals surface area (Å²) in [5.41, 5.74) is 4.29. The number of carboxylic acid groups (broad SMARTS) is 1. The van der Waals surface area contributed by atoms with Crippen LogP contribution in [0.3, 0.4) is 0 Å². The number of hydrazone groups is 1. The molecule has 0 radical (unpaired) electrons. The molecule has 0 aromatic heterocycles. The average molecular weight is 228 g/mol. The molecule has 0 saturated heterocycles. The molecule has 0 unspecified atom stereocenters. The number of carbonyl (C=O) groups is 1. The highest BCUT2D eigenvalue weighted by atomic mass is 16.4. The van der Waals surface area contributed by atoms with Crippen LogP contribution < -0.4 is 5.01 Å². The molecule has 0 bridgehead atoms. The first-order valence-electron chi connectivity index (χ1n) is 5.59. The lowest BCUT2D eigenvalue weighted by Crippen LogP contribution is -2.21. The molecule has 3 rings (SSSR count). The van der Waals surface area contributed by atoms with E-state index in [1.54, 1.807) is 0 Å². The lowest BCUT2D eigenvalue weighted by molar-refractivity contribution is -0.136. The summed E-state index contributed by atoms with van der Waals surface area (Å²) >= 11 is 0. The Morgan fingerprint density at radius 2 is 2.29 bits per heavy atom. The van der Waals surface area contributed by atoms with E-state index in [0.717, 1.165) is 29.7 Å². The highest BCUT2D eigenvalue weighted by Gasteiger charge is 2.22. The largest absolute Gasteiger partial charge is 0.481 e. The Balaban J connectivity index is 2.14. The maximum atomic E-state index is 10.8. The predicted octanol–water partition coefficient (Wildman–Crippen LogP) is 1.73. The molecule has 2 aliphatic heterocycles. The summed E-state index contributed by atoms with van der Waals surface area (Å²) in [5, 5.41) is 15.0. The van der Waals surface area contributed by atoms with Crippen molar-refractivity contribution in [3.8, 4) is 0 Å². The highest BCUT2D eigenvalue weighted by molar-refractivity contribution is 5.80. The van der Waals surface area contributed by atoms with Crippen LogP contribution in [0.15, 0.2) is 29.5 Å². The van der Waals surface area contributed by atoms with Gasteiger partial charge in [0, 0.05) is 18.8 Å². The van der Waals surface area contributed by atoms with Crippen LogP contribution in [0.5, 0.6) is 0 Å². The van der Waals surface area contributed by atoms with Crippen molar-refractivity contribution >= 4 is 17.9 Å². The van der Waals surface area contributed by atoms with Gasteiger partial charge in [0.25, 0.3) is 0 Å². The van der Waals surface area contributed by atoms with E-state index < -0.39 is 5.97 Å². The molecule has 2 heterocycles. The summed E-state index contributed by atoms with van der Waals surface area (Å²) in [4.78, 5) is 10.8. The van der Waals surface area contributed by atoms with Gasteiger partial charge in [0.15, 0.2) is 0 Å². The molecule has 0 fully saturated rings. The van der Waals surface area contributed by atoms with Crippen molar-refractivity contribution in [3.05, 3.63) is 41.1 Å². The van der Waals surface area contributed by atoms with Crippen LogP contribution in [-0.4, -0.2) is 17.3 Å². The number of hydrogen-bond donors (Lipinski definition) is 1. The smallest absolute Gasteiger partial charge is 0.307 e. The van der Waals surface area contributed by atoms with Gasteiger partial charge in [-0.1, -0.05) is 18.2 Å². The first kappa shape index (κ1) is 10.1. The second-order valence-electron chi connectivity index (χ2n) is 4.22. The van der Waals surface area contributed by atoms with Crippen LogP contribution in [0.2, 0.25) is 0 Å². The zero-order chi connectivity index (χ0) is 11.8. The van der Waals surface area contributed by atoms with Crippen LogP contribution >= 0.6 is 0 Å². The summed E-state index contributed by atoms with van der Waals surface area (Å²) in [6.07, 6.45) is 7.51. The number of hydrogen-bond acceptors (Lipinski definition) is 3. The molecule has 1 N–H and O–H groups in total. The SMILES string of the molecule is O=C(O)Cc1ccc2c3c1CC=NN3C=CC2. The van der Waals surface area contributed by atoms with Crippen molar-refractivity contribution < 1.29 is 9.90 Å². The number of rotatable bonds is 2. The summed E-state index contributed by atoms with van der Waals surface area (Å²) in [5.74, 6) is -0.790. The summed E-state index contributed by atoms with van der Waals surface area (Å²) < 4.78 is 0. The minimum Gasteiger partial charge on any atom is -0.481 e. The van der Waals surface area contributed by atoms with Crippen LogP contribution in [0, 0.1) is 0 Å². The van der Waals surface area contributed by atoms with E-state index in [0.29, 0.717) is 0 Å². The van der Waals surface area contributed by atoms with E-state index in [4.69, 9.17) is 5.11 Å². The molecular weight excluding hydrogens is 216 g/mol. The van der Waals surface area contributed by atoms with Crippen molar-refractivity contribution in [1.82, 2.24) is 0 Å². The minimum atomic E-state index is -0.790. The maximum absolute atomic E-state index is 10.8. The lowest BCUT2D eigenvalue weighted by atomic mass is 9.93. The second kappa shape index (κ2) is 3.73. The number of benzene rings is 1. The molecule has 0 amide bonds. The van der Waals surface area contributed by atoms with Gasteiger partial charge in [-0.3, -0.25) is 4.79 Å². The molecule has 0 saturated carbocycles. The number of carboxylic acids is 1. The zero-order valence-electron chi connectivity index (χ0n) is 9.26. The van der Waals surface area contributed by atoms with E-state index in [9.17, 15) is 4.79 Å². The zero-order valence-corrected chi connectivity index (χ0v) is 9.26. The van der Waals surface area contributed by atoms with Crippen molar-refractivity contribution in [3.63, 3.8) is 0 Å². The Kier molecular flexibility index (Phi) is 2.21. The molecule has 17 heavy (non-hydrogen) atoms. The Morgan fingerprint density at radius 3 is 3.12 bits per heavy atom. The molecule has 4 heteroatoms. The molecule has 1 aromatic rings. The fourth-order valence-corrected chi connectivity index (χ4v) is 2.40. The van der Waals surface area contributed by atoms with Gasteiger partial charge in [-0.15, -0.1) is 0 Å². The summed E-state index contributed by atoms with van der Waals surface area (Å²) in [6, 6.07) is 3.94. The van der Waals surface area contributed by atoms with E-state index in [1.807, 2.05) is 29.6 Å². The topological polar surface area (TPSA) is 52.9 Å². The van der Waals surface area contributed by atoms with E-state index in [-0.39, 0.29) is 6.42 Å². The number of anilines is 1. The summed E-state index contributed by atoms with van der Waals surface area (Å²) in [6.45, 7) is 0. The number of allylic oxidation sites excluding steroid dienone is 1. The molecule has 0 spiro atoms. The maximum Gasteiger partial charge on any atom is 0.307 e. The van der Waals surface area contributed by atoms with Crippen molar-refractivity contribution in [2.24, 2.45) is 5.10 Å². The van der Waals surface area contributed by atoms with Gasteiger partial charge < -0.3 is 5.11 Å². The average Bonchev–Trinajstić information content (AvgIpc) is 2.33. The van der Waals surface area contributed by atoms with Gasteiger partial charge in [-0.05, 0) is 23.1 Å². The molecular formula is C13H12N2O2. The van der Waals surface area contributed by atoms with Crippen LogP contribution in [0.25, 0.3) is 0 Å². The van der Waals surface area contributed by atoms with Gasteiger partial charge in [0.1, 0.15) is 0 Å². The standard InChI is InChI=1S/C13H12N2O2/c16-12(17)8-10-4-3-9-2-1-7-15-13(9)11(10)5-6-14-15/h1,3-4,6-7H,2,5,8H2,(H,16,17). The lowest BCUT2D eigenvalue weighted by Gasteiger charge is -2.28. The Morgan fingerprint density at radius 1 is 1.41 bits per heavy atom. The second-order valence-corrected chi connectivity index (χ2v) is 4.22. The normalized spacial score (nSPS) is 15.9. The van der Waals surface area contributed by atoms with E-state index in [2.05, 4.69) is 11.2 Å².